The lowest BCUT2D eigenvalue weighted by molar-refractivity contribution is -0.666. The first-order valence-electron chi connectivity index (χ1n) is 6.73. The SMILES string of the molecule is Cc1ccc(C[n+]2cc(C=O)c(=O)n3ccccc32)cc1. The first-order valence-corrected chi connectivity index (χ1v) is 6.73. The van der Waals surface area contributed by atoms with Gasteiger partial charge in [-0.05, 0) is 18.6 Å². The van der Waals surface area contributed by atoms with Crippen LogP contribution in [0.4, 0.5) is 0 Å². The summed E-state index contributed by atoms with van der Waals surface area (Å²) in [5.41, 5.74) is 2.94. The number of nitrogens with zero attached hydrogens (tertiary/aromatic N) is 2. The van der Waals surface area contributed by atoms with Crippen molar-refractivity contribution in [2.24, 2.45) is 0 Å². The Morgan fingerprint density at radius 2 is 1.90 bits per heavy atom. The van der Waals surface area contributed by atoms with Gasteiger partial charge in [0.05, 0.1) is 6.20 Å². The Labute approximate surface area is 121 Å². The second-order valence-electron chi connectivity index (χ2n) is 5.05. The second-order valence-corrected chi connectivity index (χ2v) is 5.05. The second kappa shape index (κ2) is 5.32. The summed E-state index contributed by atoms with van der Waals surface area (Å²) in [6, 6.07) is 13.7. The summed E-state index contributed by atoms with van der Waals surface area (Å²) in [5, 5.41) is 0. The van der Waals surface area contributed by atoms with Gasteiger partial charge >= 0.3 is 5.56 Å². The van der Waals surface area contributed by atoms with Gasteiger partial charge in [-0.3, -0.25) is 4.79 Å². The molecule has 2 heterocycles. The molecule has 104 valence electrons. The van der Waals surface area contributed by atoms with E-state index in [0.717, 1.165) is 11.2 Å². The maximum Gasteiger partial charge on any atom is 0.352 e. The van der Waals surface area contributed by atoms with Crippen LogP contribution in [0.1, 0.15) is 21.5 Å². The molecule has 3 aromatic rings. The van der Waals surface area contributed by atoms with E-state index in [0.29, 0.717) is 12.8 Å². The Bertz CT molecular complexity index is 864. The highest BCUT2D eigenvalue weighted by Crippen LogP contribution is 2.04. The summed E-state index contributed by atoms with van der Waals surface area (Å²) < 4.78 is 3.41. The standard InChI is InChI=1S/C17H15N2O2/c1-13-5-7-14(8-6-13)10-18-11-15(12-20)17(21)19-9-3-2-4-16(18)19/h2-9,11-12H,10H2,1H3/q+1. The van der Waals surface area contributed by atoms with Crippen LogP contribution in [-0.2, 0) is 6.54 Å². The van der Waals surface area contributed by atoms with E-state index in [1.807, 2.05) is 47.9 Å². The van der Waals surface area contributed by atoms with E-state index in [9.17, 15) is 9.59 Å². The van der Waals surface area contributed by atoms with Crippen LogP contribution >= 0.6 is 0 Å². The van der Waals surface area contributed by atoms with Gasteiger partial charge in [0, 0.05) is 6.07 Å². The highest BCUT2D eigenvalue weighted by Gasteiger charge is 2.15. The van der Waals surface area contributed by atoms with Crippen LogP contribution in [0, 0.1) is 6.92 Å². The normalized spacial score (nSPS) is 10.7. The minimum atomic E-state index is -0.291. The molecular weight excluding hydrogens is 264 g/mol. The highest BCUT2D eigenvalue weighted by molar-refractivity contribution is 5.73. The number of rotatable bonds is 3. The number of carbonyl (C=O) groups is 1. The third-order valence-electron chi connectivity index (χ3n) is 3.49. The summed E-state index contributed by atoms with van der Waals surface area (Å²) in [5.74, 6) is 0. The number of pyridine rings is 1. The maximum atomic E-state index is 12.1. The van der Waals surface area contributed by atoms with Gasteiger partial charge in [-0.1, -0.05) is 35.9 Å². The van der Waals surface area contributed by atoms with Gasteiger partial charge in [0.25, 0.3) is 5.65 Å². The third-order valence-corrected chi connectivity index (χ3v) is 3.49. The Hall–Kier alpha value is -2.75. The molecule has 0 saturated carbocycles. The van der Waals surface area contributed by atoms with Gasteiger partial charge in [0.1, 0.15) is 18.3 Å². The fourth-order valence-corrected chi connectivity index (χ4v) is 2.37. The zero-order valence-corrected chi connectivity index (χ0v) is 11.7. The summed E-state index contributed by atoms with van der Waals surface area (Å²) in [4.78, 5) is 23.2. The molecule has 0 amide bonds. The number of aromatic nitrogens is 2. The number of hydrogen-bond acceptors (Lipinski definition) is 2. The quantitative estimate of drug-likeness (QED) is 0.541. The molecule has 0 aliphatic rings. The average molecular weight is 279 g/mol. The summed E-state index contributed by atoms with van der Waals surface area (Å²) >= 11 is 0. The van der Waals surface area contributed by atoms with Crippen LogP contribution in [0.5, 0.6) is 0 Å². The van der Waals surface area contributed by atoms with Crippen molar-refractivity contribution >= 4 is 11.9 Å². The highest BCUT2D eigenvalue weighted by atomic mass is 16.1. The molecule has 0 spiro atoms. The van der Waals surface area contributed by atoms with E-state index in [4.69, 9.17) is 0 Å². The maximum absolute atomic E-state index is 12.1. The average Bonchev–Trinajstić information content (AvgIpc) is 2.52. The smallest absolute Gasteiger partial charge is 0.297 e. The van der Waals surface area contributed by atoms with Crippen LogP contribution in [0.2, 0.25) is 0 Å². The van der Waals surface area contributed by atoms with E-state index in [-0.39, 0.29) is 11.1 Å². The van der Waals surface area contributed by atoms with Crippen molar-refractivity contribution in [3.63, 3.8) is 0 Å². The van der Waals surface area contributed by atoms with Gasteiger partial charge in [-0.15, -0.1) is 0 Å². The van der Waals surface area contributed by atoms with Crippen molar-refractivity contribution in [2.45, 2.75) is 13.5 Å². The van der Waals surface area contributed by atoms with Crippen molar-refractivity contribution in [3.05, 3.63) is 81.9 Å². The van der Waals surface area contributed by atoms with Crippen molar-refractivity contribution < 1.29 is 9.36 Å². The van der Waals surface area contributed by atoms with Crippen LogP contribution in [-0.4, -0.2) is 10.7 Å². The molecule has 4 nitrogen and oxygen atoms in total. The number of fused-ring (bicyclic) bond motifs is 1. The zero-order chi connectivity index (χ0) is 14.8. The largest absolute Gasteiger partial charge is 0.352 e. The van der Waals surface area contributed by atoms with Crippen molar-refractivity contribution in [1.82, 2.24) is 4.40 Å². The first-order chi connectivity index (χ1) is 10.2. The predicted octanol–water partition coefficient (Wildman–Crippen LogP) is 1.76. The molecule has 1 aromatic carbocycles. The van der Waals surface area contributed by atoms with Crippen LogP contribution < -0.4 is 10.1 Å². The Balaban J connectivity index is 2.17. The minimum Gasteiger partial charge on any atom is -0.297 e. The van der Waals surface area contributed by atoms with Crippen molar-refractivity contribution in [1.29, 1.82) is 0 Å². The molecule has 0 aliphatic carbocycles. The number of carbonyl (C=O) groups excluding carboxylic acids is 1. The van der Waals surface area contributed by atoms with Gasteiger partial charge in [-0.25, -0.2) is 9.36 Å². The van der Waals surface area contributed by atoms with Crippen LogP contribution in [0.15, 0.2) is 59.7 Å². The molecule has 0 atom stereocenters. The summed E-state index contributed by atoms with van der Waals surface area (Å²) in [6.07, 6.45) is 3.90. The monoisotopic (exact) mass is 279 g/mol. The Kier molecular flexibility index (Phi) is 3.36. The number of aryl methyl sites for hydroxylation is 1. The lowest BCUT2D eigenvalue weighted by Crippen LogP contribution is -2.41. The molecule has 21 heavy (non-hydrogen) atoms. The van der Waals surface area contributed by atoms with Crippen LogP contribution in [0.3, 0.4) is 0 Å². The first kappa shape index (κ1) is 13.2. The van der Waals surface area contributed by atoms with Gasteiger partial charge in [-0.2, -0.15) is 4.40 Å². The molecule has 0 radical (unpaired) electrons. The fourth-order valence-electron chi connectivity index (χ4n) is 2.37. The molecular formula is C17H15N2O2+. The molecule has 0 N–H and O–H groups in total. The molecule has 3 rings (SSSR count). The number of benzene rings is 1. The molecule has 0 aliphatic heterocycles. The van der Waals surface area contributed by atoms with E-state index in [1.165, 1.54) is 9.96 Å². The number of hydrogen-bond donors (Lipinski definition) is 0. The topological polar surface area (TPSA) is 42.4 Å². The van der Waals surface area contributed by atoms with E-state index < -0.39 is 0 Å². The predicted molar refractivity (Wildman–Crippen MR) is 79.5 cm³/mol. The molecule has 2 aromatic heterocycles. The lowest BCUT2D eigenvalue weighted by atomic mass is 10.1. The van der Waals surface area contributed by atoms with Crippen LogP contribution in [0.25, 0.3) is 5.65 Å². The molecule has 0 bridgehead atoms. The fraction of sp³-hybridized carbons (Fsp3) is 0.118. The lowest BCUT2D eigenvalue weighted by Gasteiger charge is -2.05. The molecule has 0 saturated heterocycles. The molecule has 4 heteroatoms. The summed E-state index contributed by atoms with van der Waals surface area (Å²) in [7, 11) is 0. The van der Waals surface area contributed by atoms with Crippen molar-refractivity contribution in [3.8, 4) is 0 Å². The Morgan fingerprint density at radius 3 is 2.62 bits per heavy atom. The van der Waals surface area contributed by atoms with E-state index >= 15 is 0 Å². The van der Waals surface area contributed by atoms with E-state index in [2.05, 4.69) is 0 Å². The van der Waals surface area contributed by atoms with Gasteiger partial charge < -0.3 is 0 Å². The zero-order valence-electron chi connectivity index (χ0n) is 11.7. The van der Waals surface area contributed by atoms with E-state index in [1.54, 1.807) is 18.5 Å². The molecule has 0 fully saturated rings. The third kappa shape index (κ3) is 2.48. The molecule has 0 unspecified atom stereocenters. The van der Waals surface area contributed by atoms with Crippen molar-refractivity contribution in [2.75, 3.05) is 0 Å². The van der Waals surface area contributed by atoms with Gasteiger partial charge in [0.2, 0.25) is 0 Å². The Morgan fingerprint density at radius 1 is 1.14 bits per heavy atom. The van der Waals surface area contributed by atoms with Gasteiger partial charge in [0.15, 0.2) is 6.29 Å². The summed E-state index contributed by atoms with van der Waals surface area (Å²) in [6.45, 7) is 2.65. The number of aldehydes is 1. The minimum absolute atomic E-state index is 0.158.